The molecule has 4 rings (SSSR count). The molecule has 0 bridgehead atoms. The van der Waals surface area contributed by atoms with Crippen LogP contribution in [0.1, 0.15) is 29.9 Å². The van der Waals surface area contributed by atoms with E-state index in [1.54, 1.807) is 28.2 Å². The van der Waals surface area contributed by atoms with Gasteiger partial charge in [0.1, 0.15) is 12.2 Å². The van der Waals surface area contributed by atoms with Crippen LogP contribution in [0.25, 0.3) is 0 Å². The van der Waals surface area contributed by atoms with Crippen molar-refractivity contribution in [2.45, 2.75) is 31.1 Å². The molecule has 1 fully saturated rings. The van der Waals surface area contributed by atoms with Gasteiger partial charge in [-0.3, -0.25) is 15.1 Å². The van der Waals surface area contributed by atoms with E-state index in [1.807, 2.05) is 6.07 Å². The first-order chi connectivity index (χ1) is 14.3. The number of hydrazone groups is 1. The molecule has 1 aromatic carbocycles. The van der Waals surface area contributed by atoms with Crippen LogP contribution in [0.2, 0.25) is 5.02 Å². The maximum atomic E-state index is 13.4. The SMILES string of the molecule is N#CC1=CN2C(C(=O)N3CCC(c4cc(Cl)ccc4C(F)(F)F)CC3)=NNC2C=C1. The first kappa shape index (κ1) is 20.3. The molecular formula is C20H17ClF3N5O. The molecule has 0 aromatic heterocycles. The number of halogens is 4. The van der Waals surface area contributed by atoms with E-state index in [4.69, 9.17) is 16.9 Å². The molecule has 30 heavy (non-hydrogen) atoms. The van der Waals surface area contributed by atoms with Crippen molar-refractivity contribution >= 4 is 23.3 Å². The number of amidine groups is 1. The second kappa shape index (κ2) is 7.69. The number of likely N-dealkylation sites (tertiary alicyclic amines) is 1. The van der Waals surface area contributed by atoms with Crippen molar-refractivity contribution in [2.24, 2.45) is 5.10 Å². The zero-order valence-corrected chi connectivity index (χ0v) is 16.4. The Balaban J connectivity index is 1.47. The fourth-order valence-corrected chi connectivity index (χ4v) is 4.11. The number of piperidine rings is 1. The van der Waals surface area contributed by atoms with Gasteiger partial charge in [-0.2, -0.15) is 23.5 Å². The molecule has 1 saturated heterocycles. The van der Waals surface area contributed by atoms with E-state index in [0.29, 0.717) is 31.5 Å². The van der Waals surface area contributed by atoms with Crippen molar-refractivity contribution in [3.63, 3.8) is 0 Å². The molecular weight excluding hydrogens is 419 g/mol. The number of carbonyl (C=O) groups is 1. The lowest BCUT2D eigenvalue weighted by atomic mass is 9.86. The van der Waals surface area contributed by atoms with Gasteiger partial charge in [0.2, 0.25) is 5.84 Å². The lowest BCUT2D eigenvalue weighted by molar-refractivity contribution is -0.138. The quantitative estimate of drug-likeness (QED) is 0.770. The first-order valence-corrected chi connectivity index (χ1v) is 9.73. The van der Waals surface area contributed by atoms with Gasteiger partial charge in [0.15, 0.2) is 0 Å². The minimum atomic E-state index is -4.46. The number of alkyl halides is 3. The fourth-order valence-electron chi connectivity index (χ4n) is 3.93. The van der Waals surface area contributed by atoms with E-state index in [2.05, 4.69) is 10.5 Å². The Morgan fingerprint density at radius 2 is 2.03 bits per heavy atom. The van der Waals surface area contributed by atoms with Crippen molar-refractivity contribution in [2.75, 3.05) is 13.1 Å². The largest absolute Gasteiger partial charge is 0.416 e. The number of allylic oxidation sites excluding steroid dienone is 2. The second-order valence-electron chi connectivity index (χ2n) is 7.27. The monoisotopic (exact) mass is 435 g/mol. The van der Waals surface area contributed by atoms with Crippen LogP contribution in [0.15, 0.2) is 47.2 Å². The number of amides is 1. The van der Waals surface area contributed by atoms with Gasteiger partial charge < -0.3 is 4.90 Å². The highest BCUT2D eigenvalue weighted by molar-refractivity contribution is 6.38. The Morgan fingerprint density at radius 1 is 1.30 bits per heavy atom. The van der Waals surface area contributed by atoms with Gasteiger partial charge in [-0.1, -0.05) is 11.6 Å². The third-order valence-corrected chi connectivity index (χ3v) is 5.68. The topological polar surface area (TPSA) is 71.7 Å². The molecule has 3 heterocycles. The molecule has 1 amide bonds. The van der Waals surface area contributed by atoms with Crippen LogP contribution >= 0.6 is 11.6 Å². The van der Waals surface area contributed by atoms with Gasteiger partial charge in [-0.05, 0) is 54.7 Å². The maximum absolute atomic E-state index is 13.4. The van der Waals surface area contributed by atoms with Crippen molar-refractivity contribution in [1.29, 1.82) is 5.26 Å². The summed E-state index contributed by atoms with van der Waals surface area (Å²) in [6, 6.07) is 5.65. The Morgan fingerprint density at radius 3 is 2.70 bits per heavy atom. The van der Waals surface area contributed by atoms with Gasteiger partial charge in [0, 0.05) is 24.3 Å². The summed E-state index contributed by atoms with van der Waals surface area (Å²) in [4.78, 5) is 16.1. The highest BCUT2D eigenvalue weighted by atomic mass is 35.5. The van der Waals surface area contributed by atoms with E-state index in [9.17, 15) is 18.0 Å². The average molecular weight is 436 g/mol. The van der Waals surface area contributed by atoms with Crippen LogP contribution in [0.3, 0.4) is 0 Å². The van der Waals surface area contributed by atoms with Crippen LogP contribution < -0.4 is 5.43 Å². The highest BCUT2D eigenvalue weighted by Crippen LogP contribution is 2.40. The predicted octanol–water partition coefficient (Wildman–Crippen LogP) is 3.59. The summed E-state index contributed by atoms with van der Waals surface area (Å²) >= 11 is 5.95. The number of hydrogen-bond donors (Lipinski definition) is 1. The number of benzene rings is 1. The molecule has 156 valence electrons. The van der Waals surface area contributed by atoms with E-state index in [-0.39, 0.29) is 34.4 Å². The van der Waals surface area contributed by atoms with Gasteiger partial charge in [-0.15, -0.1) is 0 Å². The summed E-state index contributed by atoms with van der Waals surface area (Å²) in [7, 11) is 0. The summed E-state index contributed by atoms with van der Waals surface area (Å²) < 4.78 is 40.2. The molecule has 0 spiro atoms. The zero-order valence-electron chi connectivity index (χ0n) is 15.7. The molecule has 0 aliphatic carbocycles. The van der Waals surface area contributed by atoms with Crippen molar-refractivity contribution in [1.82, 2.24) is 15.2 Å². The normalized spacial score (nSPS) is 21.5. The van der Waals surface area contributed by atoms with Gasteiger partial charge >= 0.3 is 6.18 Å². The smallest absolute Gasteiger partial charge is 0.336 e. The molecule has 1 N–H and O–H groups in total. The minimum absolute atomic E-state index is 0.161. The van der Waals surface area contributed by atoms with Crippen molar-refractivity contribution in [3.05, 3.63) is 58.3 Å². The van der Waals surface area contributed by atoms with Crippen LogP contribution in [-0.4, -0.2) is 40.8 Å². The van der Waals surface area contributed by atoms with Gasteiger partial charge in [0.25, 0.3) is 5.91 Å². The van der Waals surface area contributed by atoms with E-state index < -0.39 is 11.7 Å². The summed E-state index contributed by atoms with van der Waals surface area (Å²) in [5.74, 6) is -0.507. The third-order valence-electron chi connectivity index (χ3n) is 5.44. The maximum Gasteiger partial charge on any atom is 0.416 e. The van der Waals surface area contributed by atoms with E-state index in [0.717, 1.165) is 6.07 Å². The predicted molar refractivity (Wildman–Crippen MR) is 104 cm³/mol. The highest BCUT2D eigenvalue weighted by Gasteiger charge is 2.38. The Bertz CT molecular complexity index is 1000. The Labute approximate surface area is 175 Å². The molecule has 1 unspecified atom stereocenters. The standard InChI is InChI=1S/C20H17ClF3N5O/c21-14-2-3-16(20(22,23)24)15(9-14)13-5-7-28(8-6-13)19(30)18-27-26-17-4-1-12(10-25)11-29(17)18/h1-4,9,11,13,17,26H,5-8H2. The molecule has 3 aliphatic heterocycles. The summed E-state index contributed by atoms with van der Waals surface area (Å²) in [6.45, 7) is 0.602. The average Bonchev–Trinajstić information content (AvgIpc) is 3.15. The van der Waals surface area contributed by atoms with Crippen LogP contribution in [-0.2, 0) is 11.0 Å². The second-order valence-corrected chi connectivity index (χ2v) is 7.70. The zero-order chi connectivity index (χ0) is 21.5. The Hall–Kier alpha value is -2.99. The summed E-state index contributed by atoms with van der Waals surface area (Å²) in [5, 5.41) is 13.4. The summed E-state index contributed by atoms with van der Waals surface area (Å²) in [6.07, 6.45) is 0.906. The summed E-state index contributed by atoms with van der Waals surface area (Å²) in [5.41, 5.74) is 2.71. The molecule has 0 radical (unpaired) electrons. The number of nitrogens with zero attached hydrogens (tertiary/aromatic N) is 4. The minimum Gasteiger partial charge on any atom is -0.336 e. The van der Waals surface area contributed by atoms with Crippen molar-refractivity contribution in [3.8, 4) is 6.07 Å². The number of hydrogen-bond acceptors (Lipinski definition) is 5. The number of nitrogens with one attached hydrogen (secondary N) is 1. The molecule has 10 heteroatoms. The number of rotatable bonds is 2. The molecule has 6 nitrogen and oxygen atoms in total. The van der Waals surface area contributed by atoms with Crippen molar-refractivity contribution < 1.29 is 18.0 Å². The van der Waals surface area contributed by atoms with Crippen LogP contribution in [0.5, 0.6) is 0 Å². The van der Waals surface area contributed by atoms with E-state index in [1.165, 1.54) is 12.1 Å². The third kappa shape index (κ3) is 3.75. The lowest BCUT2D eigenvalue weighted by Gasteiger charge is -2.34. The first-order valence-electron chi connectivity index (χ1n) is 9.35. The fraction of sp³-hybridized carbons (Fsp3) is 0.350. The molecule has 1 atom stereocenters. The Kier molecular flexibility index (Phi) is 5.20. The molecule has 3 aliphatic rings. The molecule has 0 saturated carbocycles. The number of carbonyl (C=O) groups excluding carboxylic acids is 1. The van der Waals surface area contributed by atoms with Crippen LogP contribution in [0, 0.1) is 11.3 Å². The van der Waals surface area contributed by atoms with Gasteiger partial charge in [-0.25, -0.2) is 0 Å². The number of fused-ring (bicyclic) bond motifs is 1. The molecule has 1 aromatic rings. The lowest BCUT2D eigenvalue weighted by Crippen LogP contribution is -2.47. The van der Waals surface area contributed by atoms with Gasteiger partial charge in [0.05, 0.1) is 11.1 Å². The van der Waals surface area contributed by atoms with Crippen LogP contribution in [0.4, 0.5) is 13.2 Å². The van der Waals surface area contributed by atoms with E-state index >= 15 is 0 Å². The number of nitriles is 1.